The molecule has 3 N–H and O–H groups in total. The van der Waals surface area contributed by atoms with Crippen LogP contribution in [0.25, 0.3) is 0 Å². The van der Waals surface area contributed by atoms with E-state index in [1.807, 2.05) is 49.4 Å². The van der Waals surface area contributed by atoms with Crippen molar-refractivity contribution in [1.82, 2.24) is 5.32 Å². The zero-order valence-electron chi connectivity index (χ0n) is 11.3. The number of carbonyl (C=O) groups is 1. The van der Waals surface area contributed by atoms with E-state index in [-0.39, 0.29) is 5.91 Å². The molecule has 2 aromatic carbocycles. The minimum Gasteiger partial charge on any atom is -0.399 e. The first-order chi connectivity index (χ1) is 9.54. The van der Waals surface area contributed by atoms with Crippen LogP contribution in [0.1, 0.15) is 21.5 Å². The average molecular weight is 333 g/mol. The fourth-order valence-corrected chi connectivity index (χ4v) is 2.58. The topological polar surface area (TPSA) is 55.1 Å². The van der Waals surface area contributed by atoms with Gasteiger partial charge in [0.05, 0.1) is 0 Å². The fraction of sp³-hybridized carbons (Fsp3) is 0.188. The summed E-state index contributed by atoms with van der Waals surface area (Å²) in [7, 11) is 0. The Labute approximate surface area is 127 Å². The minimum absolute atomic E-state index is 0.0511. The summed E-state index contributed by atoms with van der Waals surface area (Å²) < 4.78 is 0.918. The number of carbonyl (C=O) groups excluding carboxylic acids is 1. The monoisotopic (exact) mass is 332 g/mol. The van der Waals surface area contributed by atoms with Crippen LogP contribution in [0.4, 0.5) is 5.69 Å². The first kappa shape index (κ1) is 14.6. The van der Waals surface area contributed by atoms with Gasteiger partial charge in [-0.1, -0.05) is 28.1 Å². The number of nitrogen functional groups attached to an aromatic ring is 1. The highest BCUT2D eigenvalue weighted by Gasteiger charge is 2.06. The number of amides is 1. The highest BCUT2D eigenvalue weighted by Crippen LogP contribution is 2.15. The van der Waals surface area contributed by atoms with Crippen LogP contribution in [-0.4, -0.2) is 12.5 Å². The molecule has 3 nitrogen and oxygen atoms in total. The quantitative estimate of drug-likeness (QED) is 0.844. The van der Waals surface area contributed by atoms with Gasteiger partial charge in [0.25, 0.3) is 5.91 Å². The normalized spacial score (nSPS) is 10.3. The van der Waals surface area contributed by atoms with Gasteiger partial charge in [0, 0.05) is 22.3 Å². The van der Waals surface area contributed by atoms with Crippen molar-refractivity contribution in [1.29, 1.82) is 0 Å². The number of hydrogen-bond donors (Lipinski definition) is 2. The van der Waals surface area contributed by atoms with Crippen LogP contribution in [0.3, 0.4) is 0 Å². The smallest absolute Gasteiger partial charge is 0.251 e. The van der Waals surface area contributed by atoms with E-state index in [4.69, 9.17) is 5.73 Å². The number of hydrogen-bond acceptors (Lipinski definition) is 2. The van der Waals surface area contributed by atoms with E-state index < -0.39 is 0 Å². The van der Waals surface area contributed by atoms with Gasteiger partial charge in [-0.3, -0.25) is 4.79 Å². The maximum Gasteiger partial charge on any atom is 0.251 e. The Bertz CT molecular complexity index is 588. The van der Waals surface area contributed by atoms with Crippen LogP contribution in [0.2, 0.25) is 0 Å². The fourth-order valence-electron chi connectivity index (χ4n) is 1.97. The summed E-state index contributed by atoms with van der Waals surface area (Å²) in [5, 5.41) is 2.93. The molecule has 0 spiro atoms. The zero-order chi connectivity index (χ0) is 14.5. The number of aryl methyl sites for hydroxylation is 1. The number of rotatable bonds is 4. The minimum atomic E-state index is -0.0511. The summed E-state index contributed by atoms with van der Waals surface area (Å²) in [5.74, 6) is -0.0511. The third kappa shape index (κ3) is 4.10. The molecule has 0 fully saturated rings. The molecular weight excluding hydrogens is 316 g/mol. The number of anilines is 1. The molecule has 4 heteroatoms. The highest BCUT2D eigenvalue weighted by molar-refractivity contribution is 9.10. The predicted molar refractivity (Wildman–Crippen MR) is 85.8 cm³/mol. The van der Waals surface area contributed by atoms with Crippen LogP contribution in [0.15, 0.2) is 46.9 Å². The van der Waals surface area contributed by atoms with Crippen molar-refractivity contribution in [3.8, 4) is 0 Å². The van der Waals surface area contributed by atoms with E-state index >= 15 is 0 Å². The summed E-state index contributed by atoms with van der Waals surface area (Å²) in [6.07, 6.45) is 0.791. The average Bonchev–Trinajstić information content (AvgIpc) is 2.40. The third-order valence-electron chi connectivity index (χ3n) is 2.98. The van der Waals surface area contributed by atoms with Gasteiger partial charge in [-0.15, -0.1) is 0 Å². The van der Waals surface area contributed by atoms with E-state index in [2.05, 4.69) is 21.2 Å². The number of halogens is 1. The predicted octanol–water partition coefficient (Wildman–Crippen LogP) is 3.31. The molecule has 0 saturated carbocycles. The van der Waals surface area contributed by atoms with Crippen molar-refractivity contribution in [3.63, 3.8) is 0 Å². The molecule has 0 aliphatic heterocycles. The van der Waals surface area contributed by atoms with Crippen LogP contribution >= 0.6 is 15.9 Å². The second kappa shape index (κ2) is 6.57. The highest BCUT2D eigenvalue weighted by atomic mass is 79.9. The summed E-state index contributed by atoms with van der Waals surface area (Å²) in [5.41, 5.74) is 9.28. The summed E-state index contributed by atoms with van der Waals surface area (Å²) in [6.45, 7) is 2.57. The van der Waals surface area contributed by atoms with Crippen LogP contribution in [0, 0.1) is 6.92 Å². The molecule has 0 aromatic heterocycles. The summed E-state index contributed by atoms with van der Waals surface area (Å²) in [4.78, 5) is 12.0. The Morgan fingerprint density at radius 1 is 1.20 bits per heavy atom. The van der Waals surface area contributed by atoms with Crippen LogP contribution < -0.4 is 11.1 Å². The first-order valence-corrected chi connectivity index (χ1v) is 7.24. The molecule has 1 amide bonds. The van der Waals surface area contributed by atoms with Crippen molar-refractivity contribution in [2.45, 2.75) is 13.3 Å². The van der Waals surface area contributed by atoms with E-state index in [0.717, 1.165) is 27.7 Å². The standard InChI is InChI=1S/C16H17BrN2O/c1-11-8-13(10-14(17)9-11)16(20)19-7-6-12-2-4-15(18)5-3-12/h2-5,8-10H,6-7,18H2,1H3,(H,19,20). The zero-order valence-corrected chi connectivity index (χ0v) is 12.9. The van der Waals surface area contributed by atoms with Gasteiger partial charge in [0.1, 0.15) is 0 Å². The van der Waals surface area contributed by atoms with Gasteiger partial charge in [-0.25, -0.2) is 0 Å². The van der Waals surface area contributed by atoms with Crippen LogP contribution in [0.5, 0.6) is 0 Å². The van der Waals surface area contributed by atoms with Crippen molar-refractivity contribution < 1.29 is 4.79 Å². The first-order valence-electron chi connectivity index (χ1n) is 6.44. The Morgan fingerprint density at radius 2 is 1.90 bits per heavy atom. The number of nitrogens with two attached hydrogens (primary N) is 1. The van der Waals surface area contributed by atoms with Gasteiger partial charge in [0.15, 0.2) is 0 Å². The maximum atomic E-state index is 12.0. The van der Waals surface area contributed by atoms with Gasteiger partial charge < -0.3 is 11.1 Å². The molecule has 0 aliphatic rings. The van der Waals surface area contributed by atoms with E-state index in [1.165, 1.54) is 0 Å². The molecule has 2 aromatic rings. The second-order valence-corrected chi connectivity index (χ2v) is 5.68. The van der Waals surface area contributed by atoms with Crippen molar-refractivity contribution in [2.24, 2.45) is 0 Å². The Morgan fingerprint density at radius 3 is 2.55 bits per heavy atom. The Kier molecular flexibility index (Phi) is 4.79. The van der Waals surface area contributed by atoms with Crippen LogP contribution in [-0.2, 0) is 6.42 Å². The SMILES string of the molecule is Cc1cc(Br)cc(C(=O)NCCc2ccc(N)cc2)c1. The Balaban J connectivity index is 1.90. The third-order valence-corrected chi connectivity index (χ3v) is 3.44. The number of benzene rings is 2. The van der Waals surface area contributed by atoms with E-state index in [0.29, 0.717) is 12.1 Å². The lowest BCUT2D eigenvalue weighted by molar-refractivity contribution is 0.0954. The molecule has 2 rings (SSSR count). The van der Waals surface area contributed by atoms with E-state index in [1.54, 1.807) is 0 Å². The van der Waals surface area contributed by atoms with Gasteiger partial charge in [-0.05, 0) is 54.8 Å². The second-order valence-electron chi connectivity index (χ2n) is 4.76. The van der Waals surface area contributed by atoms with Gasteiger partial charge in [-0.2, -0.15) is 0 Å². The van der Waals surface area contributed by atoms with Crippen molar-refractivity contribution in [3.05, 3.63) is 63.6 Å². The molecule has 0 radical (unpaired) electrons. The molecule has 0 bridgehead atoms. The molecule has 104 valence electrons. The summed E-state index contributed by atoms with van der Waals surface area (Å²) in [6, 6.07) is 13.4. The van der Waals surface area contributed by atoms with Gasteiger partial charge in [0.2, 0.25) is 0 Å². The lowest BCUT2D eigenvalue weighted by atomic mass is 10.1. The molecule has 0 unspecified atom stereocenters. The number of nitrogens with one attached hydrogen (secondary N) is 1. The lowest BCUT2D eigenvalue weighted by Crippen LogP contribution is -2.25. The summed E-state index contributed by atoms with van der Waals surface area (Å²) >= 11 is 3.40. The Hall–Kier alpha value is -1.81. The molecule has 20 heavy (non-hydrogen) atoms. The van der Waals surface area contributed by atoms with Crippen molar-refractivity contribution >= 4 is 27.5 Å². The molecular formula is C16H17BrN2O. The largest absolute Gasteiger partial charge is 0.399 e. The van der Waals surface area contributed by atoms with E-state index in [9.17, 15) is 4.79 Å². The molecule has 0 saturated heterocycles. The molecule has 0 atom stereocenters. The van der Waals surface area contributed by atoms with Gasteiger partial charge >= 0.3 is 0 Å². The van der Waals surface area contributed by atoms with Crippen molar-refractivity contribution in [2.75, 3.05) is 12.3 Å². The maximum absolute atomic E-state index is 12.0. The molecule has 0 heterocycles. The lowest BCUT2D eigenvalue weighted by Gasteiger charge is -2.07. The molecule has 0 aliphatic carbocycles.